The van der Waals surface area contributed by atoms with Crippen LogP contribution in [0, 0.1) is 5.92 Å². The predicted molar refractivity (Wildman–Crippen MR) is 109 cm³/mol. The highest BCUT2D eigenvalue weighted by molar-refractivity contribution is 5.89. The number of carbonyl (C=O) groups excluding carboxylic acids is 1. The lowest BCUT2D eigenvalue weighted by Crippen LogP contribution is -2.22. The summed E-state index contributed by atoms with van der Waals surface area (Å²) in [5.41, 5.74) is 2.70. The van der Waals surface area contributed by atoms with E-state index in [1.54, 1.807) is 4.68 Å². The number of carbonyl (C=O) groups is 1. The first-order valence-electron chi connectivity index (χ1n) is 9.93. The Kier molecular flexibility index (Phi) is 4.52. The standard InChI is InChI=1S/C22H28N4O2/c1-14(15-6-7-17(27)10-15)28-21-12-16(11-20-18(21)13-25(5)23-20)19-8-9-26(24-19)22(2,3)4/h8-9,11-15H,6-7,10H2,1-5H3/t14-,15+/m1/s1. The number of rotatable bonds is 4. The highest BCUT2D eigenvalue weighted by atomic mass is 16.5. The summed E-state index contributed by atoms with van der Waals surface area (Å²) in [7, 11) is 1.91. The summed E-state index contributed by atoms with van der Waals surface area (Å²) in [5, 5.41) is 10.3. The van der Waals surface area contributed by atoms with Crippen LogP contribution in [0.2, 0.25) is 0 Å². The van der Waals surface area contributed by atoms with Crippen LogP contribution in [0.3, 0.4) is 0 Å². The van der Waals surface area contributed by atoms with E-state index < -0.39 is 0 Å². The molecular formula is C22H28N4O2. The molecule has 1 saturated carbocycles. The molecule has 0 unspecified atom stereocenters. The Morgan fingerprint density at radius 3 is 2.68 bits per heavy atom. The zero-order valence-corrected chi connectivity index (χ0v) is 17.3. The van der Waals surface area contributed by atoms with Crippen LogP contribution in [0.25, 0.3) is 22.2 Å². The number of ether oxygens (including phenoxy) is 1. The molecule has 1 aromatic carbocycles. The molecule has 148 valence electrons. The van der Waals surface area contributed by atoms with Gasteiger partial charge in [0.1, 0.15) is 11.5 Å². The van der Waals surface area contributed by atoms with E-state index in [2.05, 4.69) is 38.9 Å². The van der Waals surface area contributed by atoms with Gasteiger partial charge < -0.3 is 4.74 Å². The van der Waals surface area contributed by atoms with Crippen molar-refractivity contribution in [1.29, 1.82) is 0 Å². The molecule has 1 aliphatic rings. The number of aromatic nitrogens is 4. The highest BCUT2D eigenvalue weighted by Crippen LogP contribution is 2.35. The molecule has 0 bridgehead atoms. The first-order chi connectivity index (χ1) is 13.2. The van der Waals surface area contributed by atoms with Gasteiger partial charge in [0.05, 0.1) is 28.2 Å². The Bertz CT molecular complexity index is 1030. The Morgan fingerprint density at radius 2 is 2.04 bits per heavy atom. The zero-order valence-electron chi connectivity index (χ0n) is 17.3. The Balaban J connectivity index is 1.71. The molecule has 4 rings (SSSR count). The van der Waals surface area contributed by atoms with Crippen molar-refractivity contribution in [2.45, 2.75) is 58.6 Å². The number of nitrogens with zero attached hydrogens (tertiary/aromatic N) is 4. The van der Waals surface area contributed by atoms with Crippen LogP contribution < -0.4 is 4.74 Å². The highest BCUT2D eigenvalue weighted by Gasteiger charge is 2.29. The number of hydrogen-bond acceptors (Lipinski definition) is 4. The molecule has 6 nitrogen and oxygen atoms in total. The average molecular weight is 380 g/mol. The molecule has 2 heterocycles. The van der Waals surface area contributed by atoms with E-state index in [4.69, 9.17) is 9.84 Å². The maximum atomic E-state index is 11.7. The van der Waals surface area contributed by atoms with Gasteiger partial charge in [-0.05, 0) is 52.3 Å². The molecule has 0 N–H and O–H groups in total. The lowest BCUT2D eigenvalue weighted by Gasteiger charge is -2.21. The Morgan fingerprint density at radius 1 is 1.25 bits per heavy atom. The summed E-state index contributed by atoms with van der Waals surface area (Å²) in [4.78, 5) is 11.7. The van der Waals surface area contributed by atoms with Gasteiger partial charge in [-0.2, -0.15) is 10.2 Å². The van der Waals surface area contributed by atoms with Gasteiger partial charge in [-0.3, -0.25) is 14.2 Å². The normalized spacial score (nSPS) is 18.8. The minimum Gasteiger partial charge on any atom is -0.490 e. The molecule has 28 heavy (non-hydrogen) atoms. The molecule has 0 aliphatic heterocycles. The summed E-state index contributed by atoms with van der Waals surface area (Å²) in [6, 6.07) is 6.13. The van der Waals surface area contributed by atoms with Crippen LogP contribution in [0.5, 0.6) is 5.75 Å². The zero-order chi connectivity index (χ0) is 20.1. The predicted octanol–water partition coefficient (Wildman–Crippen LogP) is 4.33. The van der Waals surface area contributed by atoms with E-state index in [0.29, 0.717) is 18.6 Å². The number of ketones is 1. The topological polar surface area (TPSA) is 61.9 Å². The van der Waals surface area contributed by atoms with Gasteiger partial charge >= 0.3 is 0 Å². The number of aryl methyl sites for hydroxylation is 1. The SMILES string of the molecule is C[C@@H](Oc1cc(-c2ccn(C(C)(C)C)n2)cc2nn(C)cc12)[C@H]1CCC(=O)C1. The molecule has 2 atom stereocenters. The lowest BCUT2D eigenvalue weighted by molar-refractivity contribution is -0.117. The molecular weight excluding hydrogens is 352 g/mol. The van der Waals surface area contributed by atoms with Gasteiger partial charge in [-0.25, -0.2) is 0 Å². The van der Waals surface area contributed by atoms with Crippen LogP contribution in [-0.2, 0) is 17.4 Å². The van der Waals surface area contributed by atoms with E-state index in [1.165, 1.54) is 0 Å². The van der Waals surface area contributed by atoms with E-state index in [0.717, 1.165) is 34.3 Å². The van der Waals surface area contributed by atoms with Crippen LogP contribution in [0.15, 0.2) is 30.6 Å². The third kappa shape index (κ3) is 3.55. The fraction of sp³-hybridized carbons (Fsp3) is 0.500. The van der Waals surface area contributed by atoms with E-state index >= 15 is 0 Å². The number of fused-ring (bicyclic) bond motifs is 1. The van der Waals surface area contributed by atoms with E-state index in [9.17, 15) is 4.79 Å². The second kappa shape index (κ2) is 6.76. The first kappa shape index (κ1) is 18.7. The summed E-state index contributed by atoms with van der Waals surface area (Å²) in [6.07, 6.45) is 6.17. The second-order valence-corrected chi connectivity index (χ2v) is 8.89. The van der Waals surface area contributed by atoms with Crippen LogP contribution in [0.4, 0.5) is 0 Å². The molecule has 0 saturated heterocycles. The van der Waals surface area contributed by atoms with Crippen molar-refractivity contribution < 1.29 is 9.53 Å². The van der Waals surface area contributed by atoms with Crippen molar-refractivity contribution >= 4 is 16.7 Å². The Hall–Kier alpha value is -2.63. The first-order valence-corrected chi connectivity index (χ1v) is 9.93. The number of hydrogen-bond donors (Lipinski definition) is 0. The van der Waals surface area contributed by atoms with Gasteiger partial charge in [0.15, 0.2) is 0 Å². The van der Waals surface area contributed by atoms with Crippen molar-refractivity contribution in [3.8, 4) is 17.0 Å². The molecule has 6 heteroatoms. The molecule has 3 aromatic rings. The Labute approximate surface area is 165 Å². The maximum Gasteiger partial charge on any atom is 0.133 e. The van der Waals surface area contributed by atoms with Crippen LogP contribution in [0.1, 0.15) is 47.0 Å². The second-order valence-electron chi connectivity index (χ2n) is 8.89. The summed E-state index contributed by atoms with van der Waals surface area (Å²) in [5.74, 6) is 1.43. The van der Waals surface area contributed by atoms with Crippen molar-refractivity contribution in [3.63, 3.8) is 0 Å². The van der Waals surface area contributed by atoms with Crippen molar-refractivity contribution in [1.82, 2.24) is 19.6 Å². The number of Topliss-reactive ketones (excluding diaryl/α,β-unsaturated/α-hetero) is 1. The minimum atomic E-state index is -0.0732. The van der Waals surface area contributed by atoms with Crippen LogP contribution >= 0.6 is 0 Å². The minimum absolute atomic E-state index is 0.0164. The third-order valence-electron chi connectivity index (χ3n) is 5.53. The molecule has 1 fully saturated rings. The van der Waals surface area contributed by atoms with E-state index in [-0.39, 0.29) is 17.6 Å². The van der Waals surface area contributed by atoms with E-state index in [1.807, 2.05) is 36.3 Å². The molecule has 0 amide bonds. The van der Waals surface area contributed by atoms with Crippen molar-refractivity contribution in [2.24, 2.45) is 13.0 Å². The quantitative estimate of drug-likeness (QED) is 0.676. The van der Waals surface area contributed by atoms with Crippen molar-refractivity contribution in [3.05, 3.63) is 30.6 Å². The fourth-order valence-electron chi connectivity index (χ4n) is 3.85. The van der Waals surface area contributed by atoms with Gasteiger partial charge in [-0.15, -0.1) is 0 Å². The van der Waals surface area contributed by atoms with Gasteiger partial charge in [-0.1, -0.05) is 0 Å². The summed E-state index contributed by atoms with van der Waals surface area (Å²) in [6.45, 7) is 8.45. The lowest BCUT2D eigenvalue weighted by atomic mass is 10.0. The molecule has 2 aromatic heterocycles. The van der Waals surface area contributed by atoms with Gasteiger partial charge in [0.25, 0.3) is 0 Å². The number of benzene rings is 1. The van der Waals surface area contributed by atoms with Gasteiger partial charge in [0, 0.05) is 43.8 Å². The molecule has 0 radical (unpaired) electrons. The maximum absolute atomic E-state index is 11.7. The third-order valence-corrected chi connectivity index (χ3v) is 5.53. The summed E-state index contributed by atoms with van der Waals surface area (Å²) < 4.78 is 10.1. The molecule has 1 aliphatic carbocycles. The monoisotopic (exact) mass is 380 g/mol. The summed E-state index contributed by atoms with van der Waals surface area (Å²) >= 11 is 0. The molecule has 0 spiro atoms. The van der Waals surface area contributed by atoms with Crippen LogP contribution in [-0.4, -0.2) is 31.4 Å². The van der Waals surface area contributed by atoms with Gasteiger partial charge in [0.2, 0.25) is 0 Å². The fourth-order valence-corrected chi connectivity index (χ4v) is 3.85. The smallest absolute Gasteiger partial charge is 0.133 e. The van der Waals surface area contributed by atoms with Crippen molar-refractivity contribution in [2.75, 3.05) is 0 Å². The average Bonchev–Trinajstić information content (AvgIpc) is 3.32. The largest absolute Gasteiger partial charge is 0.490 e.